The van der Waals surface area contributed by atoms with Gasteiger partial charge in [0.05, 0.1) is 6.54 Å². The Morgan fingerprint density at radius 3 is 1.95 bits per heavy atom. The first kappa shape index (κ1) is 15.8. The second-order valence-electron chi connectivity index (χ2n) is 7.10. The molecule has 22 heavy (non-hydrogen) atoms. The third-order valence-corrected chi connectivity index (χ3v) is 5.48. The number of likely N-dealkylation sites (tertiary alicyclic amines) is 1. The Balaban J connectivity index is 1.38. The summed E-state index contributed by atoms with van der Waals surface area (Å²) in [5.41, 5.74) is 0. The highest BCUT2D eigenvalue weighted by molar-refractivity contribution is 5.79. The van der Waals surface area contributed by atoms with E-state index in [9.17, 15) is 9.59 Å². The molecule has 0 atom stereocenters. The van der Waals surface area contributed by atoms with Gasteiger partial charge in [-0.2, -0.15) is 0 Å². The van der Waals surface area contributed by atoms with Crippen LogP contribution in [-0.2, 0) is 9.59 Å². The van der Waals surface area contributed by atoms with E-state index >= 15 is 0 Å². The fourth-order valence-electron chi connectivity index (χ4n) is 4.00. The third kappa shape index (κ3) is 4.00. The lowest BCUT2D eigenvalue weighted by Gasteiger charge is -2.35. The fourth-order valence-corrected chi connectivity index (χ4v) is 4.00. The average molecular weight is 307 g/mol. The molecule has 2 heterocycles. The summed E-state index contributed by atoms with van der Waals surface area (Å²) in [5, 5.41) is 0. The van der Waals surface area contributed by atoms with E-state index in [0.29, 0.717) is 18.4 Å². The van der Waals surface area contributed by atoms with Gasteiger partial charge in [-0.15, -0.1) is 0 Å². The second-order valence-corrected chi connectivity index (χ2v) is 7.10. The monoisotopic (exact) mass is 307 g/mol. The van der Waals surface area contributed by atoms with Crippen molar-refractivity contribution in [3.05, 3.63) is 0 Å². The maximum absolute atomic E-state index is 12.3. The summed E-state index contributed by atoms with van der Waals surface area (Å²) in [4.78, 5) is 30.7. The van der Waals surface area contributed by atoms with Gasteiger partial charge < -0.3 is 9.80 Å². The Morgan fingerprint density at radius 1 is 0.727 bits per heavy atom. The molecule has 1 saturated carbocycles. The van der Waals surface area contributed by atoms with Gasteiger partial charge in [0.25, 0.3) is 0 Å². The maximum atomic E-state index is 12.3. The van der Waals surface area contributed by atoms with Crippen molar-refractivity contribution in [1.29, 1.82) is 0 Å². The summed E-state index contributed by atoms with van der Waals surface area (Å²) < 4.78 is 0. The van der Waals surface area contributed by atoms with Crippen LogP contribution in [-0.4, -0.2) is 72.3 Å². The first-order valence-electron chi connectivity index (χ1n) is 9.00. The van der Waals surface area contributed by atoms with E-state index in [1.54, 1.807) is 0 Å². The van der Waals surface area contributed by atoms with Crippen molar-refractivity contribution in [1.82, 2.24) is 14.7 Å². The van der Waals surface area contributed by atoms with E-state index < -0.39 is 0 Å². The lowest BCUT2D eigenvalue weighted by Crippen LogP contribution is -2.51. The van der Waals surface area contributed by atoms with E-state index in [1.165, 1.54) is 25.7 Å². The predicted molar refractivity (Wildman–Crippen MR) is 85.4 cm³/mol. The van der Waals surface area contributed by atoms with Crippen LogP contribution in [0, 0.1) is 5.92 Å². The molecule has 5 nitrogen and oxygen atoms in total. The second kappa shape index (κ2) is 7.44. The minimum absolute atomic E-state index is 0.267. The molecule has 3 fully saturated rings. The van der Waals surface area contributed by atoms with Gasteiger partial charge in [0.1, 0.15) is 0 Å². The first-order valence-corrected chi connectivity index (χ1v) is 9.00. The zero-order chi connectivity index (χ0) is 15.4. The van der Waals surface area contributed by atoms with Crippen molar-refractivity contribution in [3.8, 4) is 0 Å². The minimum atomic E-state index is 0.267. The van der Waals surface area contributed by atoms with Crippen LogP contribution in [0.3, 0.4) is 0 Å². The van der Waals surface area contributed by atoms with Crippen molar-refractivity contribution in [2.24, 2.45) is 5.92 Å². The van der Waals surface area contributed by atoms with Crippen molar-refractivity contribution < 1.29 is 9.59 Å². The standard InChI is InChI=1S/C17H29N3O2/c21-16(13-15-5-1-2-6-15)20-11-9-18(10-12-20)14-17(22)19-7-3-4-8-19/h15H,1-14H2. The van der Waals surface area contributed by atoms with Crippen molar-refractivity contribution in [2.45, 2.75) is 44.9 Å². The SMILES string of the molecule is O=C(CC1CCCC1)N1CCN(CC(=O)N2CCCC2)CC1. The van der Waals surface area contributed by atoms with Crippen LogP contribution in [0.5, 0.6) is 0 Å². The molecule has 0 spiro atoms. The van der Waals surface area contributed by atoms with Gasteiger partial charge in [-0.05, 0) is 31.6 Å². The minimum Gasteiger partial charge on any atom is -0.342 e. The van der Waals surface area contributed by atoms with E-state index in [-0.39, 0.29) is 5.91 Å². The number of carbonyl (C=O) groups excluding carboxylic acids is 2. The third-order valence-electron chi connectivity index (χ3n) is 5.48. The molecule has 2 amide bonds. The molecular weight excluding hydrogens is 278 g/mol. The normalized spacial score (nSPS) is 24.2. The van der Waals surface area contributed by atoms with Crippen LogP contribution < -0.4 is 0 Å². The Kier molecular flexibility index (Phi) is 5.34. The van der Waals surface area contributed by atoms with Gasteiger partial charge in [0.2, 0.25) is 11.8 Å². The molecule has 0 radical (unpaired) electrons. The van der Waals surface area contributed by atoms with Crippen molar-refractivity contribution >= 4 is 11.8 Å². The van der Waals surface area contributed by atoms with Crippen LogP contribution >= 0.6 is 0 Å². The number of hydrogen-bond acceptors (Lipinski definition) is 3. The number of piperazine rings is 1. The Bertz CT molecular complexity index is 393. The number of amides is 2. The van der Waals surface area contributed by atoms with E-state index in [0.717, 1.165) is 58.5 Å². The van der Waals surface area contributed by atoms with Gasteiger partial charge in [-0.3, -0.25) is 14.5 Å². The predicted octanol–water partition coefficient (Wildman–Crippen LogP) is 1.33. The average Bonchev–Trinajstić information content (AvgIpc) is 3.21. The van der Waals surface area contributed by atoms with Gasteiger partial charge in [0, 0.05) is 45.7 Å². The van der Waals surface area contributed by atoms with E-state index in [1.807, 2.05) is 9.80 Å². The van der Waals surface area contributed by atoms with E-state index in [4.69, 9.17) is 0 Å². The zero-order valence-electron chi connectivity index (χ0n) is 13.6. The molecule has 0 aromatic rings. The Labute approximate surface area is 133 Å². The van der Waals surface area contributed by atoms with Crippen molar-refractivity contribution in [3.63, 3.8) is 0 Å². The van der Waals surface area contributed by atoms with Gasteiger partial charge in [0.15, 0.2) is 0 Å². The van der Waals surface area contributed by atoms with Gasteiger partial charge >= 0.3 is 0 Å². The molecule has 3 rings (SSSR count). The smallest absolute Gasteiger partial charge is 0.236 e. The molecule has 1 aliphatic carbocycles. The summed E-state index contributed by atoms with van der Waals surface area (Å²) in [6.07, 6.45) is 8.10. The molecule has 124 valence electrons. The summed E-state index contributed by atoms with van der Waals surface area (Å²) in [6.45, 7) is 5.66. The number of rotatable bonds is 4. The Hall–Kier alpha value is -1.10. The molecule has 2 aliphatic heterocycles. The van der Waals surface area contributed by atoms with Crippen LogP contribution in [0.15, 0.2) is 0 Å². The molecule has 0 bridgehead atoms. The number of hydrogen-bond donors (Lipinski definition) is 0. The van der Waals surface area contributed by atoms with Crippen molar-refractivity contribution in [2.75, 3.05) is 45.8 Å². The van der Waals surface area contributed by atoms with Gasteiger partial charge in [-0.1, -0.05) is 12.8 Å². The molecular formula is C17H29N3O2. The van der Waals surface area contributed by atoms with E-state index in [2.05, 4.69) is 4.90 Å². The van der Waals surface area contributed by atoms with Crippen LogP contribution in [0.25, 0.3) is 0 Å². The zero-order valence-corrected chi connectivity index (χ0v) is 13.6. The lowest BCUT2D eigenvalue weighted by atomic mass is 10.0. The largest absolute Gasteiger partial charge is 0.342 e. The molecule has 0 aromatic carbocycles. The molecule has 2 saturated heterocycles. The van der Waals surface area contributed by atoms with Crippen LogP contribution in [0.4, 0.5) is 0 Å². The Morgan fingerprint density at radius 2 is 1.32 bits per heavy atom. The molecule has 0 unspecified atom stereocenters. The van der Waals surface area contributed by atoms with Crippen LogP contribution in [0.2, 0.25) is 0 Å². The number of nitrogens with zero attached hydrogens (tertiary/aromatic N) is 3. The lowest BCUT2D eigenvalue weighted by molar-refractivity contribution is -0.135. The molecule has 0 N–H and O–H groups in total. The number of carbonyl (C=O) groups is 2. The van der Waals surface area contributed by atoms with Crippen LogP contribution in [0.1, 0.15) is 44.9 Å². The fraction of sp³-hybridized carbons (Fsp3) is 0.882. The highest BCUT2D eigenvalue weighted by atomic mass is 16.2. The summed E-state index contributed by atoms with van der Waals surface area (Å²) in [7, 11) is 0. The maximum Gasteiger partial charge on any atom is 0.236 e. The first-order chi connectivity index (χ1) is 10.7. The molecule has 5 heteroatoms. The van der Waals surface area contributed by atoms with Gasteiger partial charge in [-0.25, -0.2) is 0 Å². The molecule has 3 aliphatic rings. The summed E-state index contributed by atoms with van der Waals surface area (Å²) >= 11 is 0. The topological polar surface area (TPSA) is 43.9 Å². The summed E-state index contributed by atoms with van der Waals surface area (Å²) in [6, 6.07) is 0. The quantitative estimate of drug-likeness (QED) is 0.787. The molecule has 0 aromatic heterocycles. The summed E-state index contributed by atoms with van der Waals surface area (Å²) in [5.74, 6) is 1.22. The highest BCUT2D eigenvalue weighted by Crippen LogP contribution is 2.28. The highest BCUT2D eigenvalue weighted by Gasteiger charge is 2.27.